The van der Waals surface area contributed by atoms with Gasteiger partial charge >= 0.3 is 24.1 Å². The van der Waals surface area contributed by atoms with E-state index < -0.39 is 29.7 Å². The molecule has 0 aromatic heterocycles. The van der Waals surface area contributed by atoms with Gasteiger partial charge in [-0.2, -0.15) is 13.2 Å². The Hall–Kier alpha value is -2.00. The minimum absolute atomic E-state index is 0.135. The summed E-state index contributed by atoms with van der Waals surface area (Å²) < 4.78 is 42.2. The van der Waals surface area contributed by atoms with Gasteiger partial charge in [0.15, 0.2) is 0 Å². The van der Waals surface area contributed by atoms with E-state index in [4.69, 9.17) is 5.11 Å². The SMILES string of the molecule is CCOC(=O)CCNC(=O)NC(C)(C(=O)O)C(F)(F)F. The Morgan fingerprint density at radius 2 is 1.80 bits per heavy atom. The van der Waals surface area contributed by atoms with Crippen LogP contribution in [0, 0.1) is 0 Å². The first-order valence-corrected chi connectivity index (χ1v) is 5.56. The molecule has 0 saturated heterocycles. The third kappa shape index (κ3) is 4.94. The fraction of sp³-hybridized carbons (Fsp3) is 0.700. The number of alkyl halides is 3. The Labute approximate surface area is 112 Å². The van der Waals surface area contributed by atoms with Crippen molar-refractivity contribution in [2.75, 3.05) is 13.2 Å². The van der Waals surface area contributed by atoms with Crippen LogP contribution in [0.3, 0.4) is 0 Å². The molecule has 20 heavy (non-hydrogen) atoms. The zero-order chi connectivity index (χ0) is 16.0. The average Bonchev–Trinajstić information content (AvgIpc) is 2.27. The third-order valence-corrected chi connectivity index (χ3v) is 2.28. The fourth-order valence-electron chi connectivity index (χ4n) is 1.03. The molecule has 0 radical (unpaired) electrons. The molecule has 2 amide bonds. The summed E-state index contributed by atoms with van der Waals surface area (Å²) in [6, 6.07) is -1.35. The van der Waals surface area contributed by atoms with Crippen molar-refractivity contribution in [3.8, 4) is 0 Å². The molecule has 1 unspecified atom stereocenters. The molecule has 0 rings (SSSR count). The molecule has 10 heteroatoms. The van der Waals surface area contributed by atoms with E-state index in [1.807, 2.05) is 5.32 Å². The fourth-order valence-corrected chi connectivity index (χ4v) is 1.03. The zero-order valence-corrected chi connectivity index (χ0v) is 10.8. The Morgan fingerprint density at radius 3 is 2.20 bits per heavy atom. The molecule has 116 valence electrons. The lowest BCUT2D eigenvalue weighted by Gasteiger charge is -2.28. The molecule has 7 nitrogen and oxygen atoms in total. The monoisotopic (exact) mass is 300 g/mol. The van der Waals surface area contributed by atoms with Crippen LogP contribution in [0.25, 0.3) is 0 Å². The number of amides is 2. The number of rotatable bonds is 6. The molecule has 0 aliphatic carbocycles. The number of nitrogens with one attached hydrogen (secondary N) is 2. The van der Waals surface area contributed by atoms with Crippen molar-refractivity contribution in [3.63, 3.8) is 0 Å². The molecule has 0 saturated carbocycles. The lowest BCUT2D eigenvalue weighted by Crippen LogP contribution is -2.63. The van der Waals surface area contributed by atoms with Crippen LogP contribution in [0.2, 0.25) is 0 Å². The maximum atomic E-state index is 12.6. The Bertz CT molecular complexity index is 386. The van der Waals surface area contributed by atoms with Crippen molar-refractivity contribution < 1.29 is 37.4 Å². The summed E-state index contributed by atoms with van der Waals surface area (Å²) in [6.07, 6.45) is -5.41. The quantitative estimate of drug-likeness (QED) is 0.625. The molecule has 0 aromatic carbocycles. The van der Waals surface area contributed by atoms with Gasteiger partial charge in [-0.25, -0.2) is 9.59 Å². The number of halogens is 3. The van der Waals surface area contributed by atoms with Crippen molar-refractivity contribution in [1.29, 1.82) is 0 Å². The van der Waals surface area contributed by atoms with Gasteiger partial charge in [-0.15, -0.1) is 0 Å². The van der Waals surface area contributed by atoms with Crippen molar-refractivity contribution in [1.82, 2.24) is 10.6 Å². The maximum absolute atomic E-state index is 12.6. The predicted molar refractivity (Wildman–Crippen MR) is 59.9 cm³/mol. The van der Waals surface area contributed by atoms with Gasteiger partial charge in [0.25, 0.3) is 0 Å². The number of carbonyl (C=O) groups excluding carboxylic acids is 2. The van der Waals surface area contributed by atoms with Gasteiger partial charge in [0, 0.05) is 6.54 Å². The lowest BCUT2D eigenvalue weighted by atomic mass is 10.0. The highest BCUT2D eigenvalue weighted by molar-refractivity contribution is 5.86. The Kier molecular flexibility index (Phi) is 6.27. The van der Waals surface area contributed by atoms with Crippen LogP contribution in [0.5, 0.6) is 0 Å². The first-order valence-electron chi connectivity index (χ1n) is 5.56. The zero-order valence-electron chi connectivity index (χ0n) is 10.8. The molecule has 0 bridgehead atoms. The normalized spacial score (nSPS) is 14.1. The van der Waals surface area contributed by atoms with Gasteiger partial charge in [-0.05, 0) is 13.8 Å². The molecule has 0 aliphatic rings. The van der Waals surface area contributed by atoms with Gasteiger partial charge in [-0.3, -0.25) is 4.79 Å². The molecular weight excluding hydrogens is 285 g/mol. The number of urea groups is 1. The highest BCUT2D eigenvalue weighted by Gasteiger charge is 2.58. The predicted octanol–water partition coefficient (Wildman–Crippen LogP) is 0.644. The molecule has 0 aliphatic heterocycles. The van der Waals surface area contributed by atoms with Crippen LogP contribution in [0.1, 0.15) is 20.3 Å². The number of aliphatic carboxylic acids is 1. The summed E-state index contributed by atoms with van der Waals surface area (Å²) in [4.78, 5) is 32.8. The molecule has 1 atom stereocenters. The second-order valence-electron chi connectivity index (χ2n) is 3.86. The van der Waals surface area contributed by atoms with E-state index in [0.717, 1.165) is 0 Å². The summed E-state index contributed by atoms with van der Waals surface area (Å²) in [6.45, 7) is 1.74. The summed E-state index contributed by atoms with van der Waals surface area (Å²) >= 11 is 0. The molecule has 0 heterocycles. The van der Waals surface area contributed by atoms with Gasteiger partial charge in [0.2, 0.25) is 5.54 Å². The summed E-state index contributed by atoms with van der Waals surface area (Å²) in [5.74, 6) is -2.88. The van der Waals surface area contributed by atoms with Gasteiger partial charge in [0.05, 0.1) is 13.0 Å². The van der Waals surface area contributed by atoms with Crippen LogP contribution < -0.4 is 10.6 Å². The van der Waals surface area contributed by atoms with Crippen LogP contribution in [-0.2, 0) is 14.3 Å². The number of carboxylic acid groups (broad SMARTS) is 1. The third-order valence-electron chi connectivity index (χ3n) is 2.28. The number of ether oxygens (including phenoxy) is 1. The molecule has 0 aromatic rings. The van der Waals surface area contributed by atoms with Gasteiger partial charge < -0.3 is 20.5 Å². The van der Waals surface area contributed by atoms with E-state index in [0.29, 0.717) is 6.92 Å². The minimum Gasteiger partial charge on any atom is -0.479 e. The van der Waals surface area contributed by atoms with Gasteiger partial charge in [0.1, 0.15) is 0 Å². The van der Waals surface area contributed by atoms with E-state index in [2.05, 4.69) is 4.74 Å². The number of carbonyl (C=O) groups is 3. The Morgan fingerprint density at radius 1 is 1.25 bits per heavy atom. The first kappa shape index (κ1) is 18.0. The minimum atomic E-state index is -5.17. The van der Waals surface area contributed by atoms with E-state index in [9.17, 15) is 27.6 Å². The highest BCUT2D eigenvalue weighted by atomic mass is 19.4. The molecule has 0 spiro atoms. The second-order valence-corrected chi connectivity index (χ2v) is 3.86. The lowest BCUT2D eigenvalue weighted by molar-refractivity contribution is -0.203. The standard InChI is InChI=1S/C10H15F3N2O5/c1-3-20-6(16)4-5-14-8(19)15-9(2,7(17)18)10(11,12)13/h3-5H2,1-2H3,(H,17,18)(H2,14,15,19). The average molecular weight is 300 g/mol. The van der Waals surface area contributed by atoms with Crippen molar-refractivity contribution >= 4 is 18.0 Å². The molecule has 3 N–H and O–H groups in total. The number of carboxylic acids is 1. The molecule has 0 fully saturated rings. The largest absolute Gasteiger partial charge is 0.479 e. The maximum Gasteiger partial charge on any atom is 0.422 e. The Balaban J connectivity index is 4.44. The van der Waals surface area contributed by atoms with Crippen LogP contribution in [0.4, 0.5) is 18.0 Å². The summed E-state index contributed by atoms with van der Waals surface area (Å²) in [7, 11) is 0. The van der Waals surface area contributed by atoms with E-state index in [1.54, 1.807) is 6.92 Å². The number of hydrogen-bond donors (Lipinski definition) is 3. The van der Waals surface area contributed by atoms with Crippen LogP contribution >= 0.6 is 0 Å². The second kappa shape index (κ2) is 6.96. The van der Waals surface area contributed by atoms with E-state index in [-0.39, 0.29) is 19.6 Å². The van der Waals surface area contributed by atoms with Crippen LogP contribution in [0.15, 0.2) is 0 Å². The topological polar surface area (TPSA) is 105 Å². The van der Waals surface area contributed by atoms with E-state index in [1.165, 1.54) is 5.32 Å². The smallest absolute Gasteiger partial charge is 0.422 e. The summed E-state index contributed by atoms with van der Waals surface area (Å²) in [5.41, 5.74) is -3.42. The van der Waals surface area contributed by atoms with Crippen molar-refractivity contribution in [3.05, 3.63) is 0 Å². The van der Waals surface area contributed by atoms with Crippen molar-refractivity contribution in [2.24, 2.45) is 0 Å². The molecular formula is C10H15F3N2O5. The first-order chi connectivity index (χ1) is 9.04. The van der Waals surface area contributed by atoms with Crippen molar-refractivity contribution in [2.45, 2.75) is 32.0 Å². The highest BCUT2D eigenvalue weighted by Crippen LogP contribution is 2.30. The van der Waals surface area contributed by atoms with E-state index >= 15 is 0 Å². The number of hydrogen-bond acceptors (Lipinski definition) is 4. The number of esters is 1. The summed E-state index contributed by atoms with van der Waals surface area (Å²) in [5, 5.41) is 11.8. The van der Waals surface area contributed by atoms with Gasteiger partial charge in [-0.1, -0.05) is 0 Å². The van der Waals surface area contributed by atoms with Crippen LogP contribution in [-0.4, -0.2) is 47.9 Å².